The molecular formula is C23H18ClN5O2S. The molecule has 4 aromatic rings. The Morgan fingerprint density at radius 3 is 2.66 bits per heavy atom. The molecule has 0 bridgehead atoms. The molecule has 5 rings (SSSR count). The van der Waals surface area contributed by atoms with Gasteiger partial charge in [0.1, 0.15) is 11.8 Å². The number of halogens is 1. The second-order valence-electron chi connectivity index (χ2n) is 7.15. The van der Waals surface area contributed by atoms with E-state index in [1.807, 2.05) is 66.7 Å². The predicted molar refractivity (Wildman–Crippen MR) is 123 cm³/mol. The topological polar surface area (TPSA) is 87.4 Å². The molecular weight excluding hydrogens is 446 g/mol. The van der Waals surface area contributed by atoms with Gasteiger partial charge in [-0.1, -0.05) is 65.8 Å². The van der Waals surface area contributed by atoms with Crippen LogP contribution in [-0.2, 0) is 4.79 Å². The fourth-order valence-electron chi connectivity index (χ4n) is 3.49. The molecule has 1 amide bonds. The zero-order valence-corrected chi connectivity index (χ0v) is 18.4. The Bertz CT molecular complexity index is 1240. The van der Waals surface area contributed by atoms with Crippen molar-refractivity contribution in [1.29, 1.82) is 0 Å². The van der Waals surface area contributed by atoms with E-state index >= 15 is 0 Å². The van der Waals surface area contributed by atoms with Gasteiger partial charge in [0.15, 0.2) is 5.82 Å². The van der Waals surface area contributed by atoms with Crippen LogP contribution in [0.2, 0.25) is 5.02 Å². The van der Waals surface area contributed by atoms with Gasteiger partial charge in [0.25, 0.3) is 5.91 Å². The van der Waals surface area contributed by atoms with Crippen LogP contribution in [0.1, 0.15) is 23.8 Å². The van der Waals surface area contributed by atoms with E-state index in [-0.39, 0.29) is 17.7 Å². The van der Waals surface area contributed by atoms with Gasteiger partial charge in [-0.05, 0) is 29.8 Å². The largest absolute Gasteiger partial charge is 0.467 e. The summed E-state index contributed by atoms with van der Waals surface area (Å²) in [4.78, 5) is 17.6. The number of hydrazone groups is 1. The van der Waals surface area contributed by atoms with E-state index in [4.69, 9.17) is 16.0 Å². The molecule has 9 heteroatoms. The highest BCUT2D eigenvalue weighted by Crippen LogP contribution is 2.34. The number of hydrogen-bond donors (Lipinski definition) is 1. The number of nitrogens with one attached hydrogen (secondary N) is 1. The first kappa shape index (κ1) is 20.5. The second-order valence-corrected chi connectivity index (χ2v) is 8.53. The van der Waals surface area contributed by atoms with Crippen molar-refractivity contribution in [1.82, 2.24) is 20.2 Å². The van der Waals surface area contributed by atoms with Gasteiger partial charge in [0.2, 0.25) is 5.16 Å². The van der Waals surface area contributed by atoms with Crippen molar-refractivity contribution in [2.45, 2.75) is 17.6 Å². The Morgan fingerprint density at radius 1 is 1.09 bits per heavy atom. The van der Waals surface area contributed by atoms with Gasteiger partial charge in [-0.15, -0.1) is 5.10 Å². The van der Waals surface area contributed by atoms with Crippen molar-refractivity contribution in [3.8, 4) is 11.4 Å². The van der Waals surface area contributed by atoms with E-state index in [9.17, 15) is 4.79 Å². The van der Waals surface area contributed by atoms with Crippen molar-refractivity contribution in [2.75, 3.05) is 5.75 Å². The maximum Gasteiger partial charge on any atom is 0.253 e. The Kier molecular flexibility index (Phi) is 5.79. The van der Waals surface area contributed by atoms with Gasteiger partial charge >= 0.3 is 0 Å². The highest BCUT2D eigenvalue weighted by Gasteiger charge is 2.34. The molecule has 2 aromatic heterocycles. The molecule has 32 heavy (non-hydrogen) atoms. The first-order chi connectivity index (χ1) is 15.7. The molecule has 1 atom stereocenters. The second kappa shape index (κ2) is 9.02. The van der Waals surface area contributed by atoms with E-state index in [0.717, 1.165) is 16.8 Å². The number of nitrogens with zero attached hydrogens (tertiary/aromatic N) is 4. The molecule has 0 saturated carbocycles. The standard InChI is InChI=1S/C23H18ClN5O2S/c24-17-10-8-15(9-11-17)18-13-19(20-7-4-12-31-20)29(28-18)21(30)14-32-23-25-22(26-27-23)16-5-2-1-3-6-16/h1-12,19H,13-14H2,(H,25,26,27). The quantitative estimate of drug-likeness (QED) is 0.398. The Morgan fingerprint density at radius 2 is 1.91 bits per heavy atom. The molecule has 7 nitrogen and oxygen atoms in total. The smallest absolute Gasteiger partial charge is 0.253 e. The minimum Gasteiger partial charge on any atom is -0.467 e. The van der Waals surface area contributed by atoms with Crippen LogP contribution >= 0.6 is 23.4 Å². The maximum atomic E-state index is 13.1. The Labute approximate surface area is 193 Å². The molecule has 2 aromatic carbocycles. The number of carbonyl (C=O) groups excluding carboxylic acids is 1. The SMILES string of the molecule is O=C(CSc1n[nH]c(-c2ccccc2)n1)N1N=C(c2ccc(Cl)cc2)CC1c1ccco1. The number of furan rings is 1. The molecule has 0 saturated heterocycles. The minimum atomic E-state index is -0.296. The lowest BCUT2D eigenvalue weighted by molar-refractivity contribution is -0.130. The molecule has 0 fully saturated rings. The molecule has 1 aliphatic rings. The van der Waals surface area contributed by atoms with Crippen LogP contribution in [0.5, 0.6) is 0 Å². The first-order valence-electron chi connectivity index (χ1n) is 9.97. The van der Waals surface area contributed by atoms with Crippen LogP contribution in [0.4, 0.5) is 0 Å². The average molecular weight is 464 g/mol. The van der Waals surface area contributed by atoms with E-state index in [1.54, 1.807) is 6.26 Å². The van der Waals surface area contributed by atoms with E-state index in [2.05, 4.69) is 20.3 Å². The third-order valence-electron chi connectivity index (χ3n) is 5.05. The van der Waals surface area contributed by atoms with Gasteiger partial charge in [0.05, 0.1) is 17.7 Å². The lowest BCUT2D eigenvalue weighted by atomic mass is 10.0. The number of aromatic nitrogens is 3. The van der Waals surface area contributed by atoms with Crippen molar-refractivity contribution < 1.29 is 9.21 Å². The average Bonchev–Trinajstić information content (AvgIpc) is 3.59. The summed E-state index contributed by atoms with van der Waals surface area (Å²) < 4.78 is 5.59. The third kappa shape index (κ3) is 4.32. The molecule has 0 spiro atoms. The Hall–Kier alpha value is -3.36. The van der Waals surface area contributed by atoms with Crippen molar-refractivity contribution >= 4 is 35.0 Å². The molecule has 1 aliphatic heterocycles. The number of aromatic amines is 1. The molecule has 0 radical (unpaired) electrons. The van der Waals surface area contributed by atoms with E-state index < -0.39 is 0 Å². The highest BCUT2D eigenvalue weighted by atomic mass is 35.5. The normalized spacial score (nSPS) is 15.7. The van der Waals surface area contributed by atoms with Crippen LogP contribution in [0.15, 0.2) is 87.7 Å². The number of amides is 1. The van der Waals surface area contributed by atoms with Gasteiger partial charge in [-0.25, -0.2) is 9.99 Å². The number of rotatable bonds is 6. The fourth-order valence-corrected chi connectivity index (χ4v) is 4.26. The van der Waals surface area contributed by atoms with E-state index in [1.165, 1.54) is 16.8 Å². The first-order valence-corrected chi connectivity index (χ1v) is 11.3. The van der Waals surface area contributed by atoms with Gasteiger partial charge in [-0.2, -0.15) is 5.10 Å². The van der Waals surface area contributed by atoms with Crippen molar-refractivity contribution in [3.63, 3.8) is 0 Å². The highest BCUT2D eigenvalue weighted by molar-refractivity contribution is 7.99. The van der Waals surface area contributed by atoms with Crippen LogP contribution in [-0.4, -0.2) is 37.6 Å². The summed E-state index contributed by atoms with van der Waals surface area (Å²) in [5.41, 5.74) is 2.67. The van der Waals surface area contributed by atoms with Gasteiger partial charge in [-0.3, -0.25) is 9.89 Å². The lowest BCUT2D eigenvalue weighted by Gasteiger charge is -2.19. The van der Waals surface area contributed by atoms with E-state index in [0.29, 0.717) is 28.2 Å². The predicted octanol–water partition coefficient (Wildman–Crippen LogP) is 5.19. The summed E-state index contributed by atoms with van der Waals surface area (Å²) in [6.45, 7) is 0. The van der Waals surface area contributed by atoms with Crippen LogP contribution in [0.25, 0.3) is 11.4 Å². The summed E-state index contributed by atoms with van der Waals surface area (Å²) in [6, 6.07) is 20.5. The van der Waals surface area contributed by atoms with Crippen LogP contribution in [0, 0.1) is 0 Å². The monoisotopic (exact) mass is 463 g/mol. The van der Waals surface area contributed by atoms with Gasteiger partial charge in [0, 0.05) is 17.0 Å². The summed E-state index contributed by atoms with van der Waals surface area (Å²) >= 11 is 7.28. The van der Waals surface area contributed by atoms with Crippen molar-refractivity contribution in [2.24, 2.45) is 5.10 Å². The summed E-state index contributed by atoms with van der Waals surface area (Å²) in [5.74, 6) is 1.37. The summed E-state index contributed by atoms with van der Waals surface area (Å²) in [7, 11) is 0. The molecule has 3 heterocycles. The number of thioether (sulfide) groups is 1. The number of hydrogen-bond acceptors (Lipinski definition) is 6. The third-order valence-corrected chi connectivity index (χ3v) is 6.14. The molecule has 1 unspecified atom stereocenters. The summed E-state index contributed by atoms with van der Waals surface area (Å²) in [5, 5.41) is 14.4. The molecule has 0 aliphatic carbocycles. The Balaban J connectivity index is 1.32. The molecule has 1 N–H and O–H groups in total. The maximum absolute atomic E-state index is 13.1. The lowest BCUT2D eigenvalue weighted by Crippen LogP contribution is -2.28. The minimum absolute atomic E-state index is 0.147. The summed E-state index contributed by atoms with van der Waals surface area (Å²) in [6.07, 6.45) is 2.16. The zero-order chi connectivity index (χ0) is 21.9. The van der Waals surface area contributed by atoms with Crippen LogP contribution in [0.3, 0.4) is 0 Å². The van der Waals surface area contributed by atoms with Crippen LogP contribution < -0.4 is 0 Å². The number of benzene rings is 2. The zero-order valence-electron chi connectivity index (χ0n) is 16.8. The number of H-pyrrole nitrogens is 1. The van der Waals surface area contributed by atoms with Crippen molar-refractivity contribution in [3.05, 3.63) is 89.3 Å². The fraction of sp³-hybridized carbons (Fsp3) is 0.130. The number of carbonyl (C=O) groups is 1. The molecule has 160 valence electrons. The van der Waals surface area contributed by atoms with Gasteiger partial charge < -0.3 is 4.42 Å².